The number of anilines is 1. The number of nitrogens with one attached hydrogen (secondary N) is 1. The van der Waals surface area contributed by atoms with Crippen LogP contribution in [0.15, 0.2) is 18.2 Å². The van der Waals surface area contributed by atoms with Crippen LogP contribution in [0.1, 0.15) is 25.8 Å². The van der Waals surface area contributed by atoms with Gasteiger partial charge in [0, 0.05) is 31.4 Å². The third-order valence-electron chi connectivity index (χ3n) is 3.55. The van der Waals surface area contributed by atoms with Crippen molar-refractivity contribution in [1.82, 2.24) is 4.90 Å². The number of likely N-dealkylation sites (N-methyl/N-ethyl adjacent to an activating group) is 1. The number of aryl methyl sites for hydroxylation is 1. The number of hydrogen-bond donors (Lipinski definition) is 1. The maximum absolute atomic E-state index is 11.8. The molecule has 1 aromatic carbocycles. The largest absolute Gasteiger partial charge is 0.484 e. The third kappa shape index (κ3) is 3.40. The summed E-state index contributed by atoms with van der Waals surface area (Å²) in [7, 11) is 1.80. The molecule has 4 nitrogen and oxygen atoms in total. The maximum atomic E-state index is 11.8. The topological polar surface area (TPSA) is 41.6 Å². The first-order valence-electron chi connectivity index (χ1n) is 6.83. The fourth-order valence-electron chi connectivity index (χ4n) is 2.06. The molecule has 0 aromatic heterocycles. The van der Waals surface area contributed by atoms with Gasteiger partial charge in [-0.3, -0.25) is 4.79 Å². The van der Waals surface area contributed by atoms with Gasteiger partial charge < -0.3 is 15.0 Å². The summed E-state index contributed by atoms with van der Waals surface area (Å²) in [5.41, 5.74) is 2.46. The molecule has 1 amide bonds. The lowest BCUT2D eigenvalue weighted by Gasteiger charge is -2.22. The second-order valence-corrected chi connectivity index (χ2v) is 5.24. The minimum Gasteiger partial charge on any atom is -0.484 e. The van der Waals surface area contributed by atoms with Crippen LogP contribution in [0, 0.1) is 0 Å². The Labute approximate surface area is 114 Å². The van der Waals surface area contributed by atoms with Crippen molar-refractivity contribution in [1.29, 1.82) is 0 Å². The number of carbonyl (C=O) groups is 1. The number of amides is 1. The zero-order valence-electron chi connectivity index (χ0n) is 11.9. The zero-order valence-corrected chi connectivity index (χ0v) is 11.9. The molecule has 0 radical (unpaired) electrons. The van der Waals surface area contributed by atoms with Gasteiger partial charge in [0.15, 0.2) is 6.61 Å². The van der Waals surface area contributed by atoms with E-state index >= 15 is 0 Å². The average molecular weight is 262 g/mol. The highest BCUT2D eigenvalue weighted by Gasteiger charge is 2.13. The molecule has 0 bridgehead atoms. The summed E-state index contributed by atoms with van der Waals surface area (Å²) in [6.07, 6.45) is 2.28. The Hall–Kier alpha value is -1.71. The van der Waals surface area contributed by atoms with Crippen LogP contribution >= 0.6 is 0 Å². The van der Waals surface area contributed by atoms with Crippen molar-refractivity contribution < 1.29 is 9.53 Å². The molecule has 0 atom stereocenters. The molecule has 1 aliphatic rings. The standard InChI is InChI=1S/C15H22N2O2/c1-11(2)17(3)15(18)10-19-13-7-6-12-5-4-8-16-14(12)9-13/h6-7,9,11,16H,4-5,8,10H2,1-3H3. The predicted molar refractivity (Wildman–Crippen MR) is 76.7 cm³/mol. The molecule has 0 aliphatic carbocycles. The number of nitrogens with zero attached hydrogens (tertiary/aromatic N) is 1. The van der Waals surface area contributed by atoms with Crippen LogP contribution in [0.3, 0.4) is 0 Å². The Kier molecular flexibility index (Phi) is 4.30. The minimum absolute atomic E-state index is 0.000630. The van der Waals surface area contributed by atoms with Gasteiger partial charge in [-0.25, -0.2) is 0 Å². The maximum Gasteiger partial charge on any atom is 0.260 e. The van der Waals surface area contributed by atoms with E-state index in [1.54, 1.807) is 11.9 Å². The van der Waals surface area contributed by atoms with Crippen LogP contribution in [0.25, 0.3) is 0 Å². The van der Waals surface area contributed by atoms with Gasteiger partial charge in [-0.05, 0) is 38.3 Å². The number of benzene rings is 1. The summed E-state index contributed by atoms with van der Waals surface area (Å²) in [6, 6.07) is 6.19. The highest BCUT2D eigenvalue weighted by Crippen LogP contribution is 2.26. The van der Waals surface area contributed by atoms with Gasteiger partial charge in [-0.2, -0.15) is 0 Å². The molecule has 19 heavy (non-hydrogen) atoms. The molecular weight excluding hydrogens is 240 g/mol. The van der Waals surface area contributed by atoms with Crippen LogP contribution in [0.5, 0.6) is 5.75 Å². The van der Waals surface area contributed by atoms with Gasteiger partial charge in [-0.15, -0.1) is 0 Å². The van der Waals surface area contributed by atoms with E-state index in [-0.39, 0.29) is 18.6 Å². The van der Waals surface area contributed by atoms with E-state index in [0.717, 1.165) is 24.4 Å². The molecule has 1 N–H and O–H groups in total. The first-order valence-corrected chi connectivity index (χ1v) is 6.83. The van der Waals surface area contributed by atoms with Crippen LogP contribution in [0.4, 0.5) is 5.69 Å². The molecule has 0 fully saturated rings. The van der Waals surface area contributed by atoms with Crippen molar-refractivity contribution in [2.75, 3.05) is 25.5 Å². The SMILES string of the molecule is CC(C)N(C)C(=O)COc1ccc2c(c1)NCCC2. The molecule has 1 aromatic rings. The van der Waals surface area contributed by atoms with E-state index in [4.69, 9.17) is 4.74 Å². The van der Waals surface area contributed by atoms with E-state index in [9.17, 15) is 4.79 Å². The Bertz CT molecular complexity index is 457. The van der Waals surface area contributed by atoms with E-state index in [0.29, 0.717) is 0 Å². The number of ether oxygens (including phenoxy) is 1. The predicted octanol–water partition coefficient (Wildman–Crippen LogP) is 2.29. The lowest BCUT2D eigenvalue weighted by molar-refractivity contribution is -0.133. The van der Waals surface area contributed by atoms with E-state index in [1.165, 1.54) is 12.0 Å². The first-order chi connectivity index (χ1) is 9.08. The van der Waals surface area contributed by atoms with Crippen molar-refractivity contribution in [3.63, 3.8) is 0 Å². The van der Waals surface area contributed by atoms with Crippen LogP contribution in [-0.4, -0.2) is 37.0 Å². The number of fused-ring (bicyclic) bond motifs is 1. The molecule has 0 saturated carbocycles. The van der Waals surface area contributed by atoms with Crippen molar-refractivity contribution in [3.05, 3.63) is 23.8 Å². The van der Waals surface area contributed by atoms with E-state index in [2.05, 4.69) is 11.4 Å². The van der Waals surface area contributed by atoms with E-state index in [1.807, 2.05) is 26.0 Å². The molecule has 1 heterocycles. The average Bonchev–Trinajstić information content (AvgIpc) is 2.43. The Balaban J connectivity index is 1.95. The summed E-state index contributed by atoms with van der Waals surface area (Å²) < 4.78 is 5.57. The second kappa shape index (κ2) is 5.95. The van der Waals surface area contributed by atoms with Gasteiger partial charge in [0.2, 0.25) is 0 Å². The fourth-order valence-corrected chi connectivity index (χ4v) is 2.06. The quantitative estimate of drug-likeness (QED) is 0.905. The molecule has 1 aliphatic heterocycles. The van der Waals surface area contributed by atoms with Crippen LogP contribution in [0.2, 0.25) is 0 Å². The van der Waals surface area contributed by atoms with Crippen LogP contribution in [-0.2, 0) is 11.2 Å². The second-order valence-electron chi connectivity index (χ2n) is 5.24. The Morgan fingerprint density at radius 1 is 1.47 bits per heavy atom. The minimum atomic E-state index is 0.000630. The molecule has 4 heteroatoms. The van der Waals surface area contributed by atoms with Gasteiger partial charge in [0.25, 0.3) is 5.91 Å². The Morgan fingerprint density at radius 2 is 2.26 bits per heavy atom. The molecule has 2 rings (SSSR count). The monoisotopic (exact) mass is 262 g/mol. The van der Waals surface area contributed by atoms with Crippen molar-refractivity contribution in [3.8, 4) is 5.75 Å². The molecule has 0 unspecified atom stereocenters. The summed E-state index contributed by atoms with van der Waals surface area (Å²) in [5.74, 6) is 0.749. The summed E-state index contributed by atoms with van der Waals surface area (Å²) in [4.78, 5) is 13.5. The number of rotatable bonds is 4. The van der Waals surface area contributed by atoms with Crippen molar-refractivity contribution in [2.24, 2.45) is 0 Å². The zero-order chi connectivity index (χ0) is 13.8. The normalized spacial score (nSPS) is 13.7. The molecule has 104 valence electrons. The molecular formula is C15H22N2O2. The molecule has 0 spiro atoms. The lowest BCUT2D eigenvalue weighted by atomic mass is 10.0. The molecule has 0 saturated heterocycles. The van der Waals surface area contributed by atoms with Crippen molar-refractivity contribution in [2.45, 2.75) is 32.7 Å². The lowest BCUT2D eigenvalue weighted by Crippen LogP contribution is -2.36. The highest BCUT2D eigenvalue weighted by molar-refractivity contribution is 5.77. The highest BCUT2D eigenvalue weighted by atomic mass is 16.5. The summed E-state index contributed by atoms with van der Waals surface area (Å²) in [5, 5.41) is 3.36. The van der Waals surface area contributed by atoms with Gasteiger partial charge in [-0.1, -0.05) is 6.07 Å². The van der Waals surface area contributed by atoms with Gasteiger partial charge in [0.05, 0.1) is 0 Å². The number of hydrogen-bond acceptors (Lipinski definition) is 3. The van der Waals surface area contributed by atoms with Crippen LogP contribution < -0.4 is 10.1 Å². The van der Waals surface area contributed by atoms with Crippen molar-refractivity contribution >= 4 is 11.6 Å². The number of carbonyl (C=O) groups excluding carboxylic acids is 1. The van der Waals surface area contributed by atoms with Gasteiger partial charge in [0.1, 0.15) is 5.75 Å². The first kappa shape index (κ1) is 13.7. The van der Waals surface area contributed by atoms with E-state index < -0.39 is 0 Å². The van der Waals surface area contributed by atoms with Gasteiger partial charge >= 0.3 is 0 Å². The summed E-state index contributed by atoms with van der Waals surface area (Å²) in [6.45, 7) is 5.07. The fraction of sp³-hybridized carbons (Fsp3) is 0.533. The smallest absolute Gasteiger partial charge is 0.260 e. The third-order valence-corrected chi connectivity index (χ3v) is 3.55. The Morgan fingerprint density at radius 3 is 3.00 bits per heavy atom. The summed E-state index contributed by atoms with van der Waals surface area (Å²) >= 11 is 0.